The average molecular weight is 435 g/mol. The summed E-state index contributed by atoms with van der Waals surface area (Å²) in [7, 11) is -5.17. The molecule has 16 heteroatoms. The summed E-state index contributed by atoms with van der Waals surface area (Å²) in [6.07, 6.45) is -17.3. The molecule has 15 nitrogen and oxygen atoms in total. The number of ether oxygens (including phenoxy) is 2. The monoisotopic (exact) mass is 435 g/mol. The van der Waals surface area contributed by atoms with Gasteiger partial charge in [-0.15, -0.1) is 0 Å². The first-order valence-electron chi connectivity index (χ1n) is 7.79. The number of aliphatic hydroxyl groups excluding tert-OH is 6. The molecule has 2 aliphatic rings. The summed E-state index contributed by atoms with van der Waals surface area (Å²) in [5.41, 5.74) is 0. The van der Waals surface area contributed by atoms with Gasteiger partial charge in [0.05, 0.1) is 6.61 Å². The second kappa shape index (κ2) is 8.01. The van der Waals surface area contributed by atoms with Crippen LogP contribution < -0.4 is 4.72 Å². The number of aliphatic carboxylic acids is 1. The molecule has 10 atom stereocenters. The van der Waals surface area contributed by atoms with Crippen molar-refractivity contribution in [3.05, 3.63) is 0 Å². The molecule has 0 bridgehead atoms. The summed E-state index contributed by atoms with van der Waals surface area (Å²) in [6.45, 7) is -1.03. The van der Waals surface area contributed by atoms with Gasteiger partial charge in [0.2, 0.25) is 5.79 Å². The molecule has 2 fully saturated rings. The smallest absolute Gasteiger partial charge is 0.335 e. The maximum absolute atomic E-state index is 11.2. The van der Waals surface area contributed by atoms with E-state index in [-0.39, 0.29) is 0 Å². The lowest BCUT2D eigenvalue weighted by atomic mass is 9.82. The van der Waals surface area contributed by atoms with Crippen molar-refractivity contribution in [2.45, 2.75) is 60.7 Å². The van der Waals surface area contributed by atoms with Crippen LogP contribution in [0, 0.1) is 0 Å². The van der Waals surface area contributed by atoms with Crippen molar-refractivity contribution >= 4 is 16.3 Å². The summed E-state index contributed by atoms with van der Waals surface area (Å²) in [5.74, 6) is -5.06. The van der Waals surface area contributed by atoms with Crippen LogP contribution in [0.5, 0.6) is 0 Å². The molecule has 164 valence electrons. The Bertz CT molecular complexity index is 688. The van der Waals surface area contributed by atoms with E-state index in [9.17, 15) is 49.0 Å². The summed E-state index contributed by atoms with van der Waals surface area (Å²) in [5, 5.41) is 78.9. The van der Waals surface area contributed by atoms with E-state index in [4.69, 9.17) is 19.1 Å². The highest BCUT2D eigenvalue weighted by molar-refractivity contribution is 7.83. The molecule has 2 saturated heterocycles. The van der Waals surface area contributed by atoms with Gasteiger partial charge < -0.3 is 50.3 Å². The van der Waals surface area contributed by atoms with Gasteiger partial charge in [-0.25, -0.2) is 4.79 Å². The van der Waals surface area contributed by atoms with Crippen molar-refractivity contribution in [2.24, 2.45) is 0 Å². The number of hydrogen-bond acceptors (Lipinski definition) is 12. The minimum Gasteiger partial charge on any atom is -0.479 e. The second-order valence-electron chi connectivity index (χ2n) is 6.43. The molecular formula is C12H21NO14S. The topological polar surface area (TPSA) is 264 Å². The van der Waals surface area contributed by atoms with Crippen LogP contribution in [0.3, 0.4) is 0 Å². The van der Waals surface area contributed by atoms with Gasteiger partial charge in [0, 0.05) is 0 Å². The zero-order chi connectivity index (χ0) is 21.6. The molecule has 0 amide bonds. The van der Waals surface area contributed by atoms with Crippen LogP contribution >= 0.6 is 0 Å². The Kier molecular flexibility index (Phi) is 6.66. The number of hydrogen-bond donors (Lipinski definition) is 10. The fraction of sp³-hybridized carbons (Fsp3) is 0.917. The van der Waals surface area contributed by atoms with Crippen molar-refractivity contribution in [2.75, 3.05) is 6.61 Å². The van der Waals surface area contributed by atoms with Crippen molar-refractivity contribution in [3.8, 4) is 0 Å². The zero-order valence-corrected chi connectivity index (χ0v) is 14.7. The molecule has 28 heavy (non-hydrogen) atoms. The minimum absolute atomic E-state index is 1.03. The minimum atomic E-state index is -5.17. The molecular weight excluding hydrogens is 414 g/mol. The Labute approximate surface area is 157 Å². The molecule has 2 aliphatic heterocycles. The van der Waals surface area contributed by atoms with Crippen LogP contribution in [0.25, 0.3) is 0 Å². The van der Waals surface area contributed by atoms with E-state index in [1.165, 1.54) is 4.72 Å². The quantitative estimate of drug-likeness (QED) is 0.180. The van der Waals surface area contributed by atoms with E-state index in [0.717, 1.165) is 0 Å². The molecule has 0 saturated carbocycles. The van der Waals surface area contributed by atoms with Gasteiger partial charge in [-0.05, 0) is 0 Å². The van der Waals surface area contributed by atoms with E-state index >= 15 is 0 Å². The maximum atomic E-state index is 11.2. The third-order valence-electron chi connectivity index (χ3n) is 4.58. The van der Waals surface area contributed by atoms with Crippen LogP contribution in [-0.4, -0.2) is 127 Å². The van der Waals surface area contributed by atoms with Crippen LogP contribution in [-0.2, 0) is 24.6 Å². The summed E-state index contributed by atoms with van der Waals surface area (Å²) in [6, 6.07) is -2.36. The fourth-order valence-corrected chi connectivity index (χ4v) is 3.81. The van der Waals surface area contributed by atoms with Gasteiger partial charge in [-0.1, -0.05) is 0 Å². The number of nitrogens with one attached hydrogen (secondary N) is 1. The molecule has 0 aromatic carbocycles. The summed E-state index contributed by atoms with van der Waals surface area (Å²) in [4.78, 5) is 11.2. The average Bonchev–Trinajstić information content (AvgIpc) is 2.58. The number of carboxylic acid groups (broad SMARTS) is 1. The molecule has 2 rings (SSSR count). The molecule has 0 aromatic heterocycles. The largest absolute Gasteiger partial charge is 0.479 e. The van der Waals surface area contributed by atoms with Crippen molar-refractivity contribution in [3.63, 3.8) is 0 Å². The van der Waals surface area contributed by atoms with Crippen LogP contribution in [0.1, 0.15) is 0 Å². The molecule has 10 N–H and O–H groups in total. The van der Waals surface area contributed by atoms with Crippen molar-refractivity contribution in [1.82, 2.24) is 4.72 Å². The van der Waals surface area contributed by atoms with E-state index in [2.05, 4.69) is 0 Å². The number of carboxylic acids is 1. The molecule has 2 heterocycles. The van der Waals surface area contributed by atoms with Gasteiger partial charge >= 0.3 is 16.3 Å². The Morgan fingerprint density at radius 1 is 1.00 bits per heavy atom. The van der Waals surface area contributed by atoms with Crippen molar-refractivity contribution < 1.29 is 68.1 Å². The lowest BCUT2D eigenvalue weighted by Gasteiger charge is -2.53. The summed E-state index contributed by atoms with van der Waals surface area (Å²) >= 11 is 0. The predicted molar refractivity (Wildman–Crippen MR) is 81.7 cm³/mol. The van der Waals surface area contributed by atoms with Gasteiger partial charge in [0.15, 0.2) is 6.10 Å². The second-order valence-corrected chi connectivity index (χ2v) is 7.62. The fourth-order valence-electron chi connectivity index (χ4n) is 3.18. The summed E-state index contributed by atoms with van der Waals surface area (Å²) < 4.78 is 42.6. The maximum Gasteiger partial charge on any atom is 0.335 e. The first-order valence-corrected chi connectivity index (χ1v) is 9.23. The Morgan fingerprint density at radius 2 is 1.57 bits per heavy atom. The molecule has 0 aromatic rings. The highest BCUT2D eigenvalue weighted by Crippen LogP contribution is 2.37. The van der Waals surface area contributed by atoms with Gasteiger partial charge in [0.25, 0.3) is 0 Å². The highest BCUT2D eigenvalue weighted by atomic mass is 32.2. The molecule has 0 aliphatic carbocycles. The van der Waals surface area contributed by atoms with E-state index in [1.54, 1.807) is 0 Å². The number of rotatable bonds is 5. The Balaban J connectivity index is 2.52. The van der Waals surface area contributed by atoms with Gasteiger partial charge in [-0.3, -0.25) is 4.55 Å². The lowest BCUT2D eigenvalue weighted by molar-refractivity contribution is -0.381. The number of aliphatic hydroxyl groups is 7. The number of carbonyl (C=O) groups is 1. The van der Waals surface area contributed by atoms with Crippen molar-refractivity contribution in [1.29, 1.82) is 0 Å². The normalized spacial score (nSPS) is 47.6. The van der Waals surface area contributed by atoms with Gasteiger partial charge in [0.1, 0.15) is 48.8 Å². The SMILES string of the molecule is O=C(O)[C@H]1OC(C2(O)O[C@H](CO)[C@@H](O)[C@H](O)[C@H]2NS(=O)(=O)O)[C@@H](O)[C@H](O)[C@H]1O. The standard InChI is InChI=1S/C12H21NO14S/c14-1-2-3(15)6(18)9(13-28(23,24)25)12(22,27-2)10-7(19)4(16)5(17)8(26-10)11(20)21/h2-10,13-19,22H,1H2,(H,20,21)(H,23,24,25)/t2-,3-,4-,5-,6+,7+,8+,9-,10?,12?/m1/s1. The Hall–Kier alpha value is -1.02. The predicted octanol–water partition coefficient (Wildman–Crippen LogP) is -6.52. The molecule has 0 radical (unpaired) electrons. The van der Waals surface area contributed by atoms with E-state index in [1.807, 2.05) is 0 Å². The molecule has 2 unspecified atom stereocenters. The van der Waals surface area contributed by atoms with Crippen LogP contribution in [0.2, 0.25) is 0 Å². The lowest BCUT2D eigenvalue weighted by Crippen LogP contribution is -2.78. The molecule has 0 spiro atoms. The van der Waals surface area contributed by atoms with E-state index < -0.39 is 83.5 Å². The highest BCUT2D eigenvalue weighted by Gasteiger charge is 2.64. The Morgan fingerprint density at radius 3 is 2.04 bits per heavy atom. The third kappa shape index (κ3) is 4.13. The van der Waals surface area contributed by atoms with Crippen LogP contribution in [0.4, 0.5) is 0 Å². The zero-order valence-electron chi connectivity index (χ0n) is 13.9. The first kappa shape index (κ1) is 23.3. The van der Waals surface area contributed by atoms with Gasteiger partial charge in [-0.2, -0.15) is 13.1 Å². The third-order valence-corrected chi connectivity index (χ3v) is 5.13. The van der Waals surface area contributed by atoms with E-state index in [0.29, 0.717) is 0 Å². The first-order chi connectivity index (χ1) is 12.7. The van der Waals surface area contributed by atoms with Crippen LogP contribution in [0.15, 0.2) is 0 Å².